The lowest BCUT2D eigenvalue weighted by atomic mass is 10.2. The Morgan fingerprint density at radius 1 is 1.25 bits per heavy atom. The van der Waals surface area contributed by atoms with E-state index in [9.17, 15) is 9.59 Å². The number of carbonyl (C=O) groups is 1. The van der Waals surface area contributed by atoms with Gasteiger partial charge in [0.15, 0.2) is 6.61 Å². The average Bonchev–Trinajstić information content (AvgIpc) is 3.01. The largest absolute Gasteiger partial charge is 0.483 e. The summed E-state index contributed by atoms with van der Waals surface area (Å²) in [5.41, 5.74) is 2.68. The van der Waals surface area contributed by atoms with Crippen molar-refractivity contribution in [3.8, 4) is 11.7 Å². The highest BCUT2D eigenvalue weighted by molar-refractivity contribution is 5.91. The fourth-order valence-corrected chi connectivity index (χ4v) is 2.90. The van der Waals surface area contributed by atoms with Crippen molar-refractivity contribution in [2.75, 3.05) is 11.9 Å². The molecule has 0 aliphatic rings. The van der Waals surface area contributed by atoms with Crippen molar-refractivity contribution in [2.24, 2.45) is 0 Å². The molecule has 1 aromatic carbocycles. The van der Waals surface area contributed by atoms with Crippen LogP contribution >= 0.6 is 0 Å². The number of hydrogen-bond acceptors (Lipinski definition) is 5. The third kappa shape index (κ3) is 4.11. The van der Waals surface area contributed by atoms with E-state index in [1.165, 1.54) is 4.68 Å². The molecule has 28 heavy (non-hydrogen) atoms. The van der Waals surface area contributed by atoms with E-state index in [1.807, 2.05) is 38.1 Å². The summed E-state index contributed by atoms with van der Waals surface area (Å²) >= 11 is 0. The Bertz CT molecular complexity index is 1070. The van der Waals surface area contributed by atoms with Crippen molar-refractivity contribution in [2.45, 2.75) is 34.1 Å². The molecule has 8 nitrogen and oxygen atoms in total. The Balaban J connectivity index is 1.80. The van der Waals surface area contributed by atoms with E-state index < -0.39 is 0 Å². The molecule has 0 saturated heterocycles. The summed E-state index contributed by atoms with van der Waals surface area (Å²) in [5.74, 6) is 0.971. The quantitative estimate of drug-likeness (QED) is 0.683. The van der Waals surface area contributed by atoms with Gasteiger partial charge in [0.25, 0.3) is 11.5 Å². The molecule has 8 heteroatoms. The van der Waals surface area contributed by atoms with Crippen LogP contribution in [0, 0.1) is 20.8 Å². The lowest BCUT2D eigenvalue weighted by molar-refractivity contribution is -0.118. The molecule has 0 atom stereocenters. The molecule has 0 spiro atoms. The molecule has 146 valence electrons. The molecule has 0 bridgehead atoms. The molecule has 2 heterocycles. The Morgan fingerprint density at radius 2 is 2.00 bits per heavy atom. The standard InChI is InChI=1S/C20H23N5O3/c1-5-15-14(4)21-20(23-19(15)27)25-17(10-13(3)24-25)22-18(26)11-28-16-9-7-6-8-12(16)2/h6-10H,5,11H2,1-4H3,(H,22,26)(H,21,23,27). The van der Waals surface area contributed by atoms with Gasteiger partial charge in [-0.1, -0.05) is 25.1 Å². The van der Waals surface area contributed by atoms with Crippen LogP contribution in [0.5, 0.6) is 5.75 Å². The lowest BCUT2D eigenvalue weighted by Crippen LogP contribution is -2.24. The van der Waals surface area contributed by atoms with Gasteiger partial charge in [0, 0.05) is 17.3 Å². The smallest absolute Gasteiger partial charge is 0.263 e. The van der Waals surface area contributed by atoms with Crippen LogP contribution in [0.15, 0.2) is 35.1 Å². The minimum absolute atomic E-state index is 0.146. The second-order valence-corrected chi connectivity index (χ2v) is 6.49. The molecule has 0 unspecified atom stereocenters. The number of ether oxygens (including phenoxy) is 1. The van der Waals surface area contributed by atoms with Gasteiger partial charge in [0.2, 0.25) is 5.95 Å². The predicted octanol–water partition coefficient (Wildman–Crippen LogP) is 2.46. The first-order valence-corrected chi connectivity index (χ1v) is 9.04. The molecule has 0 aliphatic heterocycles. The summed E-state index contributed by atoms with van der Waals surface area (Å²) in [6.07, 6.45) is 0.590. The Labute approximate surface area is 162 Å². The van der Waals surface area contributed by atoms with Gasteiger partial charge >= 0.3 is 0 Å². The number of para-hydroxylation sites is 1. The topological polar surface area (TPSA) is 102 Å². The Morgan fingerprint density at radius 3 is 2.68 bits per heavy atom. The van der Waals surface area contributed by atoms with E-state index in [-0.39, 0.29) is 24.0 Å². The zero-order valence-electron chi connectivity index (χ0n) is 16.4. The van der Waals surface area contributed by atoms with Gasteiger partial charge in [-0.25, -0.2) is 4.98 Å². The SMILES string of the molecule is CCc1c(C)nc(-n2nc(C)cc2NC(=O)COc2ccccc2C)[nH]c1=O. The summed E-state index contributed by atoms with van der Waals surface area (Å²) in [5, 5.41) is 7.09. The van der Waals surface area contributed by atoms with Crippen molar-refractivity contribution < 1.29 is 9.53 Å². The van der Waals surface area contributed by atoms with E-state index in [1.54, 1.807) is 19.9 Å². The molecule has 2 aromatic heterocycles. The highest BCUT2D eigenvalue weighted by Gasteiger charge is 2.15. The minimum atomic E-state index is -0.339. The molecule has 0 radical (unpaired) electrons. The number of aromatic amines is 1. The van der Waals surface area contributed by atoms with Crippen LogP contribution in [-0.2, 0) is 11.2 Å². The monoisotopic (exact) mass is 381 g/mol. The highest BCUT2D eigenvalue weighted by atomic mass is 16.5. The second-order valence-electron chi connectivity index (χ2n) is 6.49. The van der Waals surface area contributed by atoms with Gasteiger partial charge < -0.3 is 10.1 Å². The maximum Gasteiger partial charge on any atom is 0.263 e. The van der Waals surface area contributed by atoms with Crippen LogP contribution in [0.3, 0.4) is 0 Å². The second kappa shape index (κ2) is 8.08. The first-order chi connectivity index (χ1) is 13.4. The molecule has 1 amide bonds. The number of anilines is 1. The number of H-pyrrole nitrogens is 1. The number of rotatable bonds is 6. The van der Waals surface area contributed by atoms with Crippen LogP contribution in [0.2, 0.25) is 0 Å². The highest BCUT2D eigenvalue weighted by Crippen LogP contribution is 2.17. The van der Waals surface area contributed by atoms with Crippen LogP contribution in [0.25, 0.3) is 5.95 Å². The number of nitrogens with one attached hydrogen (secondary N) is 2. The minimum Gasteiger partial charge on any atom is -0.483 e. The average molecular weight is 381 g/mol. The summed E-state index contributed by atoms with van der Waals surface area (Å²) in [6, 6.07) is 9.18. The maximum atomic E-state index is 12.4. The van der Waals surface area contributed by atoms with E-state index in [0.29, 0.717) is 34.9 Å². The zero-order valence-corrected chi connectivity index (χ0v) is 16.4. The number of nitrogens with zero attached hydrogens (tertiary/aromatic N) is 3. The molecule has 0 saturated carbocycles. The number of aromatic nitrogens is 4. The van der Waals surface area contributed by atoms with Crippen molar-refractivity contribution in [3.63, 3.8) is 0 Å². The molecule has 3 rings (SSSR count). The molecular weight excluding hydrogens is 358 g/mol. The van der Waals surface area contributed by atoms with E-state index >= 15 is 0 Å². The van der Waals surface area contributed by atoms with Crippen LogP contribution in [-0.4, -0.2) is 32.3 Å². The summed E-state index contributed by atoms with van der Waals surface area (Å²) in [6.45, 7) is 7.24. The molecule has 0 fully saturated rings. The molecule has 2 N–H and O–H groups in total. The van der Waals surface area contributed by atoms with Crippen LogP contribution in [0.4, 0.5) is 5.82 Å². The number of benzene rings is 1. The fourth-order valence-electron chi connectivity index (χ4n) is 2.90. The van der Waals surface area contributed by atoms with Gasteiger partial charge in [-0.05, 0) is 38.8 Å². The first-order valence-electron chi connectivity index (χ1n) is 9.04. The fraction of sp³-hybridized carbons (Fsp3) is 0.300. The van der Waals surface area contributed by atoms with E-state index in [4.69, 9.17) is 4.74 Å². The molecule has 0 aliphatic carbocycles. The van der Waals surface area contributed by atoms with Crippen molar-refractivity contribution in [3.05, 3.63) is 63.2 Å². The normalized spacial score (nSPS) is 10.7. The molecular formula is C20H23N5O3. The summed E-state index contributed by atoms with van der Waals surface area (Å²) in [4.78, 5) is 31.8. The predicted molar refractivity (Wildman–Crippen MR) is 106 cm³/mol. The van der Waals surface area contributed by atoms with Crippen molar-refractivity contribution in [1.29, 1.82) is 0 Å². The van der Waals surface area contributed by atoms with Gasteiger partial charge in [0.05, 0.1) is 5.69 Å². The molecule has 3 aromatic rings. The summed E-state index contributed by atoms with van der Waals surface area (Å²) < 4.78 is 6.99. The van der Waals surface area contributed by atoms with Gasteiger partial charge in [-0.15, -0.1) is 0 Å². The number of carbonyl (C=O) groups excluding carboxylic acids is 1. The van der Waals surface area contributed by atoms with E-state index in [2.05, 4.69) is 20.4 Å². The van der Waals surface area contributed by atoms with Crippen molar-refractivity contribution in [1.82, 2.24) is 19.7 Å². The number of hydrogen-bond donors (Lipinski definition) is 2. The van der Waals surface area contributed by atoms with Gasteiger partial charge in [-0.3, -0.25) is 14.6 Å². The van der Waals surface area contributed by atoms with Crippen LogP contribution < -0.4 is 15.6 Å². The number of amides is 1. The zero-order chi connectivity index (χ0) is 20.3. The third-order valence-electron chi connectivity index (χ3n) is 4.32. The van der Waals surface area contributed by atoms with Crippen molar-refractivity contribution >= 4 is 11.7 Å². The summed E-state index contributed by atoms with van der Waals surface area (Å²) in [7, 11) is 0. The Hall–Kier alpha value is -3.42. The maximum absolute atomic E-state index is 12.4. The van der Waals surface area contributed by atoms with E-state index in [0.717, 1.165) is 5.56 Å². The van der Waals surface area contributed by atoms with Crippen LogP contribution in [0.1, 0.15) is 29.4 Å². The Kier molecular flexibility index (Phi) is 5.58. The lowest BCUT2D eigenvalue weighted by Gasteiger charge is -2.11. The number of aryl methyl sites for hydroxylation is 3. The third-order valence-corrected chi connectivity index (χ3v) is 4.32. The van der Waals surface area contributed by atoms with Gasteiger partial charge in [0.1, 0.15) is 11.6 Å². The first kappa shape index (κ1) is 19.3. The van der Waals surface area contributed by atoms with Gasteiger partial charge in [-0.2, -0.15) is 9.78 Å².